The fraction of sp³-hybridized carbons (Fsp3) is 0.421. The number of likely N-dealkylation sites (tertiary alicyclic amines) is 1. The number of aryl methyl sites for hydroxylation is 1. The maximum Gasteiger partial charge on any atom is 0.256 e. The standard InChI is InChI=1S/C19H24N4O2S/c1-13-16(18(20-2)26-22-13)17(24)21-12-14-6-8-15(9-7-14)19(25)23-10-4-3-5-11-23/h6-9,20H,3-5,10-12H2,1-2H3,(H,21,24). The van der Waals surface area contributed by atoms with Crippen LogP contribution in [0.1, 0.15) is 51.2 Å². The van der Waals surface area contributed by atoms with E-state index in [4.69, 9.17) is 0 Å². The molecule has 2 aromatic rings. The summed E-state index contributed by atoms with van der Waals surface area (Å²) in [5, 5.41) is 6.69. The van der Waals surface area contributed by atoms with Crippen molar-refractivity contribution in [3.63, 3.8) is 0 Å². The van der Waals surface area contributed by atoms with E-state index < -0.39 is 0 Å². The number of hydrogen-bond donors (Lipinski definition) is 2. The number of nitrogens with one attached hydrogen (secondary N) is 2. The lowest BCUT2D eigenvalue weighted by atomic mass is 10.1. The van der Waals surface area contributed by atoms with Crippen LogP contribution in [0.25, 0.3) is 0 Å². The molecule has 1 fully saturated rings. The van der Waals surface area contributed by atoms with Crippen molar-refractivity contribution in [2.45, 2.75) is 32.7 Å². The van der Waals surface area contributed by atoms with Gasteiger partial charge in [-0.15, -0.1) is 0 Å². The van der Waals surface area contributed by atoms with Gasteiger partial charge in [0, 0.05) is 32.2 Å². The van der Waals surface area contributed by atoms with E-state index in [0.717, 1.165) is 42.2 Å². The number of rotatable bonds is 5. The second-order valence-electron chi connectivity index (χ2n) is 6.45. The minimum absolute atomic E-state index is 0.0962. The SMILES string of the molecule is CNc1snc(C)c1C(=O)NCc1ccc(C(=O)N2CCCCC2)cc1. The topological polar surface area (TPSA) is 74.3 Å². The van der Waals surface area contributed by atoms with Crippen LogP contribution in [0, 0.1) is 6.92 Å². The van der Waals surface area contributed by atoms with Crippen LogP contribution in [0.15, 0.2) is 24.3 Å². The summed E-state index contributed by atoms with van der Waals surface area (Å²) in [6.45, 7) is 3.93. The number of aromatic nitrogens is 1. The first-order valence-corrected chi connectivity index (χ1v) is 9.68. The summed E-state index contributed by atoms with van der Waals surface area (Å²) < 4.78 is 4.22. The number of nitrogens with zero attached hydrogens (tertiary/aromatic N) is 2. The van der Waals surface area contributed by atoms with Gasteiger partial charge >= 0.3 is 0 Å². The molecule has 0 unspecified atom stereocenters. The molecule has 2 N–H and O–H groups in total. The van der Waals surface area contributed by atoms with E-state index in [0.29, 0.717) is 17.7 Å². The van der Waals surface area contributed by atoms with Crippen molar-refractivity contribution in [3.8, 4) is 0 Å². The summed E-state index contributed by atoms with van der Waals surface area (Å²) in [5.41, 5.74) is 2.98. The van der Waals surface area contributed by atoms with E-state index in [1.807, 2.05) is 36.1 Å². The molecule has 1 saturated heterocycles. The molecule has 1 aliphatic rings. The molecular weight excluding hydrogens is 348 g/mol. The van der Waals surface area contributed by atoms with E-state index in [9.17, 15) is 9.59 Å². The third-order valence-corrected chi connectivity index (χ3v) is 5.57. The smallest absolute Gasteiger partial charge is 0.256 e. The van der Waals surface area contributed by atoms with Crippen molar-refractivity contribution in [1.82, 2.24) is 14.6 Å². The van der Waals surface area contributed by atoms with Gasteiger partial charge in [-0.05, 0) is 55.4 Å². The second kappa shape index (κ2) is 8.31. The second-order valence-corrected chi connectivity index (χ2v) is 7.23. The van der Waals surface area contributed by atoms with Gasteiger partial charge in [-0.2, -0.15) is 4.37 Å². The Bertz CT molecular complexity index is 779. The molecule has 0 aliphatic carbocycles. The van der Waals surface area contributed by atoms with Crippen LogP contribution in [0.5, 0.6) is 0 Å². The molecule has 0 atom stereocenters. The van der Waals surface area contributed by atoms with Gasteiger partial charge in [0.1, 0.15) is 5.00 Å². The molecule has 6 nitrogen and oxygen atoms in total. The Morgan fingerprint density at radius 1 is 1.15 bits per heavy atom. The molecule has 1 aromatic heterocycles. The molecule has 0 saturated carbocycles. The number of carbonyl (C=O) groups is 2. The van der Waals surface area contributed by atoms with Crippen molar-refractivity contribution in [3.05, 3.63) is 46.6 Å². The Labute approximate surface area is 157 Å². The minimum atomic E-state index is -0.144. The number of benzene rings is 1. The van der Waals surface area contributed by atoms with E-state index in [2.05, 4.69) is 15.0 Å². The molecule has 3 rings (SSSR count). The molecule has 2 heterocycles. The van der Waals surface area contributed by atoms with Gasteiger partial charge in [0.25, 0.3) is 11.8 Å². The Morgan fingerprint density at radius 2 is 1.85 bits per heavy atom. The molecule has 26 heavy (non-hydrogen) atoms. The first-order chi connectivity index (χ1) is 12.6. The van der Waals surface area contributed by atoms with E-state index in [1.165, 1.54) is 18.0 Å². The maximum absolute atomic E-state index is 12.5. The summed E-state index contributed by atoms with van der Waals surface area (Å²) in [4.78, 5) is 26.8. The van der Waals surface area contributed by atoms with Gasteiger partial charge in [-0.25, -0.2) is 0 Å². The van der Waals surface area contributed by atoms with Gasteiger partial charge in [0.15, 0.2) is 0 Å². The third kappa shape index (κ3) is 4.04. The van der Waals surface area contributed by atoms with Crippen LogP contribution in [0.4, 0.5) is 5.00 Å². The first kappa shape index (κ1) is 18.4. The van der Waals surface area contributed by atoms with E-state index in [-0.39, 0.29) is 11.8 Å². The fourth-order valence-electron chi connectivity index (χ4n) is 3.12. The summed E-state index contributed by atoms with van der Waals surface area (Å²) in [6.07, 6.45) is 3.37. The van der Waals surface area contributed by atoms with Crippen molar-refractivity contribution >= 4 is 28.3 Å². The zero-order valence-corrected chi connectivity index (χ0v) is 16.0. The molecule has 0 spiro atoms. The van der Waals surface area contributed by atoms with Crippen LogP contribution in [0.2, 0.25) is 0 Å². The molecular formula is C19H24N4O2S. The van der Waals surface area contributed by atoms with Gasteiger partial charge in [-0.1, -0.05) is 12.1 Å². The molecule has 138 valence electrons. The van der Waals surface area contributed by atoms with Crippen LogP contribution >= 0.6 is 11.5 Å². The third-order valence-electron chi connectivity index (χ3n) is 4.61. The summed E-state index contributed by atoms with van der Waals surface area (Å²) in [7, 11) is 1.78. The molecule has 0 bridgehead atoms. The molecule has 2 amide bonds. The van der Waals surface area contributed by atoms with Gasteiger partial charge in [0.05, 0.1) is 11.3 Å². The Kier molecular flexibility index (Phi) is 5.88. The van der Waals surface area contributed by atoms with E-state index in [1.54, 1.807) is 7.05 Å². The first-order valence-electron chi connectivity index (χ1n) is 8.90. The summed E-state index contributed by atoms with van der Waals surface area (Å²) >= 11 is 1.28. The van der Waals surface area contributed by atoms with Crippen molar-refractivity contribution < 1.29 is 9.59 Å². The monoisotopic (exact) mass is 372 g/mol. The minimum Gasteiger partial charge on any atom is -0.378 e. The summed E-state index contributed by atoms with van der Waals surface area (Å²) in [6, 6.07) is 7.48. The molecule has 0 radical (unpaired) electrons. The predicted molar refractivity (Wildman–Crippen MR) is 104 cm³/mol. The Hall–Kier alpha value is -2.41. The lowest BCUT2D eigenvalue weighted by Crippen LogP contribution is -2.35. The number of amides is 2. The Morgan fingerprint density at radius 3 is 2.50 bits per heavy atom. The average molecular weight is 372 g/mol. The number of hydrogen-bond acceptors (Lipinski definition) is 5. The highest BCUT2D eigenvalue weighted by atomic mass is 32.1. The van der Waals surface area contributed by atoms with Crippen molar-refractivity contribution in [2.75, 3.05) is 25.5 Å². The Balaban J connectivity index is 1.60. The maximum atomic E-state index is 12.5. The highest BCUT2D eigenvalue weighted by Crippen LogP contribution is 2.23. The normalized spacial score (nSPS) is 14.2. The number of piperidine rings is 1. The number of anilines is 1. The van der Waals surface area contributed by atoms with Crippen molar-refractivity contribution in [1.29, 1.82) is 0 Å². The predicted octanol–water partition coefficient (Wildman–Crippen LogP) is 3.05. The lowest BCUT2D eigenvalue weighted by Gasteiger charge is -2.26. The van der Waals surface area contributed by atoms with Crippen LogP contribution in [-0.2, 0) is 6.54 Å². The molecule has 7 heteroatoms. The highest BCUT2D eigenvalue weighted by molar-refractivity contribution is 7.10. The van der Waals surface area contributed by atoms with Gasteiger partial charge in [-0.3, -0.25) is 9.59 Å². The van der Waals surface area contributed by atoms with Gasteiger partial charge in [0.2, 0.25) is 0 Å². The molecule has 1 aromatic carbocycles. The molecule has 1 aliphatic heterocycles. The summed E-state index contributed by atoms with van der Waals surface area (Å²) in [5.74, 6) is -0.0482. The largest absolute Gasteiger partial charge is 0.378 e. The van der Waals surface area contributed by atoms with Crippen LogP contribution in [0.3, 0.4) is 0 Å². The quantitative estimate of drug-likeness (QED) is 0.846. The van der Waals surface area contributed by atoms with Gasteiger partial charge < -0.3 is 15.5 Å². The van der Waals surface area contributed by atoms with E-state index >= 15 is 0 Å². The van der Waals surface area contributed by atoms with Crippen LogP contribution < -0.4 is 10.6 Å². The fourth-order valence-corrected chi connectivity index (χ4v) is 3.87. The van der Waals surface area contributed by atoms with Crippen molar-refractivity contribution in [2.24, 2.45) is 0 Å². The highest BCUT2D eigenvalue weighted by Gasteiger charge is 2.19. The number of carbonyl (C=O) groups excluding carboxylic acids is 2. The zero-order chi connectivity index (χ0) is 18.5. The average Bonchev–Trinajstić information content (AvgIpc) is 3.07. The lowest BCUT2D eigenvalue weighted by molar-refractivity contribution is 0.0724. The zero-order valence-electron chi connectivity index (χ0n) is 15.2. The van der Waals surface area contributed by atoms with Crippen LogP contribution in [-0.4, -0.2) is 41.2 Å².